The van der Waals surface area contributed by atoms with Gasteiger partial charge in [-0.15, -0.1) is 0 Å². The Morgan fingerprint density at radius 2 is 1.86 bits per heavy atom. The topological polar surface area (TPSA) is 227 Å². The largest absolute Gasteiger partial charge is 0.507 e. The molecule has 0 amide bonds. The maximum absolute atomic E-state index is 13.9. The number of hydrogen-bond acceptors (Lipinski definition) is 14. The highest BCUT2D eigenvalue weighted by Gasteiger charge is 2.49. The minimum Gasteiger partial charge on any atom is -0.507 e. The lowest BCUT2D eigenvalue weighted by Gasteiger charge is -2.41. The molecule has 14 heteroatoms. The number of carbonyl (C=O) groups excluding carboxylic acids is 4. The number of ketones is 4. The average Bonchev–Trinajstić information content (AvgIpc) is 2.97. The van der Waals surface area contributed by atoms with Gasteiger partial charge in [0.2, 0.25) is 5.78 Å². The van der Waals surface area contributed by atoms with Crippen molar-refractivity contribution in [1.82, 2.24) is 10.8 Å². The Morgan fingerprint density at radius 3 is 2.53 bits per heavy atom. The van der Waals surface area contributed by atoms with Crippen LogP contribution >= 0.6 is 0 Å². The van der Waals surface area contributed by atoms with Crippen LogP contribution in [0.2, 0.25) is 0 Å². The molecule has 2 aromatic rings. The molecule has 230 valence electrons. The van der Waals surface area contributed by atoms with Gasteiger partial charge in [0.1, 0.15) is 35.7 Å². The fourth-order valence-electron chi connectivity index (χ4n) is 5.89. The minimum absolute atomic E-state index is 0.0189. The summed E-state index contributed by atoms with van der Waals surface area (Å²) < 4.78 is 17.4. The van der Waals surface area contributed by atoms with Gasteiger partial charge >= 0.3 is 0 Å². The van der Waals surface area contributed by atoms with Crippen molar-refractivity contribution in [2.24, 2.45) is 5.73 Å². The van der Waals surface area contributed by atoms with Crippen LogP contribution in [0.4, 0.5) is 0 Å². The van der Waals surface area contributed by atoms with Crippen molar-refractivity contribution in [2.75, 3.05) is 19.8 Å². The van der Waals surface area contributed by atoms with E-state index < -0.39 is 88.7 Å². The molecule has 5 rings (SSSR count). The predicted molar refractivity (Wildman–Crippen MR) is 146 cm³/mol. The molecule has 1 heterocycles. The minimum atomic E-state index is -2.07. The molecule has 3 aliphatic rings. The van der Waals surface area contributed by atoms with Crippen LogP contribution < -0.4 is 21.3 Å². The van der Waals surface area contributed by atoms with E-state index in [9.17, 15) is 39.7 Å². The van der Waals surface area contributed by atoms with Gasteiger partial charge in [-0.1, -0.05) is 12.1 Å². The first kappa shape index (κ1) is 30.7. The maximum atomic E-state index is 13.9. The highest BCUT2D eigenvalue weighted by molar-refractivity contribution is 6.31. The van der Waals surface area contributed by atoms with Gasteiger partial charge in [-0.05, 0) is 19.9 Å². The molecule has 2 aliphatic carbocycles. The van der Waals surface area contributed by atoms with E-state index in [0.29, 0.717) is 13.1 Å². The van der Waals surface area contributed by atoms with Crippen LogP contribution in [0.5, 0.6) is 17.2 Å². The van der Waals surface area contributed by atoms with E-state index in [1.165, 1.54) is 25.1 Å². The third-order valence-electron chi connectivity index (χ3n) is 8.16. The third-order valence-corrected chi connectivity index (χ3v) is 8.16. The molecule has 5 atom stereocenters. The predicted octanol–water partition coefficient (Wildman–Crippen LogP) is 0.133. The Morgan fingerprint density at radius 1 is 1.14 bits per heavy atom. The van der Waals surface area contributed by atoms with Crippen molar-refractivity contribution in [2.45, 2.75) is 63.3 Å². The molecule has 2 aromatic carbocycles. The summed E-state index contributed by atoms with van der Waals surface area (Å²) in [6.07, 6.45) is -4.53. The second-order valence-corrected chi connectivity index (χ2v) is 10.9. The van der Waals surface area contributed by atoms with Crippen LogP contribution in [0.15, 0.2) is 18.2 Å². The second-order valence-electron chi connectivity index (χ2n) is 10.9. The SMILES string of the molecule is CC(=O)[C@]1(O)Cc2c(O)c3c(c(O)c2[C@@H](OC2CC(NO)C(=O)C(C)O2)C1)C(=O)c1c(OCNCCN)cccc1C3=O. The van der Waals surface area contributed by atoms with Crippen LogP contribution in [0.1, 0.15) is 75.8 Å². The number of Topliss-reactive ketones (excluding diaryl/α,β-unsaturated/α-hetero) is 2. The van der Waals surface area contributed by atoms with E-state index >= 15 is 0 Å². The number of phenolic OH excluding ortho intramolecular Hbond substituents is 2. The highest BCUT2D eigenvalue weighted by atomic mass is 16.7. The number of nitrogens with two attached hydrogens (primary N) is 1. The Kier molecular flexibility index (Phi) is 8.37. The zero-order valence-electron chi connectivity index (χ0n) is 23.5. The van der Waals surface area contributed by atoms with Gasteiger partial charge in [-0.3, -0.25) is 24.5 Å². The zero-order valence-corrected chi connectivity index (χ0v) is 23.5. The number of nitrogens with one attached hydrogen (secondary N) is 2. The first-order chi connectivity index (χ1) is 20.4. The molecule has 1 aliphatic heterocycles. The number of hydroxylamine groups is 1. The summed E-state index contributed by atoms with van der Waals surface area (Å²) in [5.41, 5.74) is 3.92. The van der Waals surface area contributed by atoms with Gasteiger partial charge in [-0.25, -0.2) is 0 Å². The Labute approximate surface area is 245 Å². The molecule has 8 N–H and O–H groups in total. The second kappa shape index (κ2) is 11.7. The van der Waals surface area contributed by atoms with Crippen molar-refractivity contribution in [3.05, 3.63) is 51.6 Å². The zero-order chi connectivity index (χ0) is 31.2. The number of aliphatic hydroxyl groups is 1. The van der Waals surface area contributed by atoms with Gasteiger partial charge < -0.3 is 40.5 Å². The summed E-state index contributed by atoms with van der Waals surface area (Å²) in [5, 5.41) is 46.7. The molecular formula is C29H33N3O11. The number of carbonyl (C=O) groups is 4. The first-order valence-corrected chi connectivity index (χ1v) is 13.8. The van der Waals surface area contributed by atoms with Gasteiger partial charge in [-0.2, -0.15) is 5.48 Å². The van der Waals surface area contributed by atoms with E-state index in [0.717, 1.165) is 6.92 Å². The summed E-state index contributed by atoms with van der Waals surface area (Å²) in [6, 6.07) is 3.34. The van der Waals surface area contributed by atoms with Crippen molar-refractivity contribution in [3.8, 4) is 17.2 Å². The van der Waals surface area contributed by atoms with E-state index in [2.05, 4.69) is 5.32 Å². The molecule has 0 radical (unpaired) electrons. The summed E-state index contributed by atoms with van der Waals surface area (Å²) in [7, 11) is 0. The van der Waals surface area contributed by atoms with E-state index in [1.807, 2.05) is 5.48 Å². The molecule has 14 nitrogen and oxygen atoms in total. The van der Waals surface area contributed by atoms with Crippen LogP contribution in [-0.2, 0) is 25.5 Å². The molecular weight excluding hydrogens is 566 g/mol. The number of hydrogen-bond donors (Lipinski definition) is 7. The maximum Gasteiger partial charge on any atom is 0.202 e. The summed E-state index contributed by atoms with van der Waals surface area (Å²) >= 11 is 0. The lowest BCUT2D eigenvalue weighted by molar-refractivity contribution is -0.226. The Hall–Kier alpha value is -3.76. The molecule has 0 saturated carbocycles. The lowest BCUT2D eigenvalue weighted by Crippen LogP contribution is -2.51. The number of phenols is 2. The number of benzene rings is 2. The standard InChI is InChI=1S/C29H33N3O11/c1-12-24(34)16(32-40)8-19(42-12)43-18-10-29(39,13(2)33)9-15-21(18)28(38)23-22(26(15)36)25(35)14-4-3-5-17(20(14)27(23)37)41-11-31-7-6-30/h3-5,12,16,18-19,31-32,36,38-40H,6-11,30H2,1-2H3/t12?,16?,18-,19?,29-/m0/s1. The number of aromatic hydroxyl groups is 2. The van der Waals surface area contributed by atoms with Crippen LogP contribution in [0.3, 0.4) is 0 Å². The number of rotatable bonds is 9. The van der Waals surface area contributed by atoms with Crippen molar-refractivity contribution < 1.29 is 53.9 Å². The molecule has 0 aromatic heterocycles. The lowest BCUT2D eigenvalue weighted by atomic mass is 9.72. The van der Waals surface area contributed by atoms with E-state index in [1.54, 1.807) is 0 Å². The summed E-state index contributed by atoms with van der Waals surface area (Å²) in [6.45, 7) is 3.37. The van der Waals surface area contributed by atoms with Crippen molar-refractivity contribution in [3.63, 3.8) is 0 Å². The van der Waals surface area contributed by atoms with Crippen LogP contribution in [-0.4, -0.2) is 87.5 Å². The summed E-state index contributed by atoms with van der Waals surface area (Å²) in [4.78, 5) is 52.5. The van der Waals surface area contributed by atoms with Gasteiger partial charge in [0.15, 0.2) is 23.6 Å². The fourth-order valence-corrected chi connectivity index (χ4v) is 5.89. The molecule has 3 unspecified atom stereocenters. The molecule has 1 saturated heterocycles. The average molecular weight is 600 g/mol. The molecule has 43 heavy (non-hydrogen) atoms. The first-order valence-electron chi connectivity index (χ1n) is 13.8. The normalized spacial score (nSPS) is 26.5. The Balaban J connectivity index is 1.62. The third kappa shape index (κ3) is 5.20. The van der Waals surface area contributed by atoms with Crippen LogP contribution in [0.25, 0.3) is 0 Å². The van der Waals surface area contributed by atoms with E-state index in [4.69, 9.17) is 19.9 Å². The van der Waals surface area contributed by atoms with Crippen molar-refractivity contribution in [1.29, 1.82) is 0 Å². The Bertz CT molecular complexity index is 1510. The monoisotopic (exact) mass is 599 g/mol. The van der Waals surface area contributed by atoms with Crippen molar-refractivity contribution >= 4 is 23.1 Å². The molecule has 0 spiro atoms. The molecule has 0 bridgehead atoms. The van der Waals surface area contributed by atoms with Gasteiger partial charge in [0, 0.05) is 49.0 Å². The number of ether oxygens (including phenoxy) is 3. The highest BCUT2D eigenvalue weighted by Crippen LogP contribution is 2.52. The van der Waals surface area contributed by atoms with Crippen LogP contribution in [0, 0.1) is 0 Å². The summed E-state index contributed by atoms with van der Waals surface area (Å²) in [5.74, 6) is -3.94. The van der Waals surface area contributed by atoms with Gasteiger partial charge in [0.25, 0.3) is 0 Å². The van der Waals surface area contributed by atoms with E-state index in [-0.39, 0.29) is 41.2 Å². The fraction of sp³-hybridized carbons (Fsp3) is 0.448. The molecule has 1 fully saturated rings. The van der Waals surface area contributed by atoms with Gasteiger partial charge in [0.05, 0.1) is 28.8 Å². The number of fused-ring (bicyclic) bond motifs is 3. The quantitative estimate of drug-likeness (QED) is 0.0751. The smallest absolute Gasteiger partial charge is 0.202 e.